The zero-order chi connectivity index (χ0) is 32.9. The van der Waals surface area contributed by atoms with Crippen molar-refractivity contribution in [2.75, 3.05) is 0 Å². The molecule has 0 bridgehead atoms. The lowest BCUT2D eigenvalue weighted by Crippen LogP contribution is -2.18. The topological polar surface area (TPSA) is 63.6 Å². The molecule has 1 atom stereocenters. The standard InChI is InChI=1S/C41H78O4/c1-3-5-7-8-9-10-11-12-13-14-15-16-17-18-19-20-21-25-28-31-34-38-41(44)45-39(35-6-4-2)36-32-29-26-23-22-24-27-30-33-37-40(42)43/h12-13,39H,3-11,14-38H2,1-2H3,(H,42,43)/b13-12-. The molecular formula is C41H78O4. The summed E-state index contributed by atoms with van der Waals surface area (Å²) in [5.41, 5.74) is 0. The van der Waals surface area contributed by atoms with E-state index in [1.807, 2.05) is 0 Å². The molecule has 0 aliphatic heterocycles. The smallest absolute Gasteiger partial charge is 0.306 e. The Hall–Kier alpha value is -1.32. The molecule has 0 aromatic rings. The first kappa shape index (κ1) is 43.7. The van der Waals surface area contributed by atoms with E-state index in [9.17, 15) is 9.59 Å². The molecule has 45 heavy (non-hydrogen) atoms. The van der Waals surface area contributed by atoms with Crippen molar-refractivity contribution in [1.82, 2.24) is 0 Å². The second-order valence-corrected chi connectivity index (χ2v) is 13.8. The molecule has 1 unspecified atom stereocenters. The number of carboxylic acids is 1. The number of unbranched alkanes of at least 4 members (excludes halogenated alkanes) is 26. The van der Waals surface area contributed by atoms with Gasteiger partial charge in [-0.1, -0.05) is 174 Å². The van der Waals surface area contributed by atoms with Crippen LogP contribution in [-0.2, 0) is 14.3 Å². The summed E-state index contributed by atoms with van der Waals surface area (Å²) in [5, 5.41) is 8.69. The molecule has 0 aliphatic carbocycles. The molecule has 0 spiro atoms. The molecule has 0 radical (unpaired) electrons. The van der Waals surface area contributed by atoms with Gasteiger partial charge in [0.2, 0.25) is 0 Å². The Morgan fingerprint density at radius 1 is 0.467 bits per heavy atom. The minimum Gasteiger partial charge on any atom is -0.481 e. The Kier molecular flexibility index (Phi) is 36.1. The summed E-state index contributed by atoms with van der Waals surface area (Å²) in [4.78, 5) is 23.0. The normalized spacial score (nSPS) is 12.2. The van der Waals surface area contributed by atoms with Crippen LogP contribution in [0.3, 0.4) is 0 Å². The Bertz CT molecular complexity index is 643. The highest BCUT2D eigenvalue weighted by Crippen LogP contribution is 2.18. The Labute approximate surface area is 281 Å². The zero-order valence-electron chi connectivity index (χ0n) is 30.4. The molecule has 1 N–H and O–H groups in total. The predicted octanol–water partition coefficient (Wildman–Crippen LogP) is 13.8. The number of ether oxygens (including phenoxy) is 1. The summed E-state index contributed by atoms with van der Waals surface area (Å²) in [7, 11) is 0. The van der Waals surface area contributed by atoms with Crippen LogP contribution in [0.25, 0.3) is 0 Å². The van der Waals surface area contributed by atoms with Crippen molar-refractivity contribution < 1.29 is 19.4 Å². The number of carbonyl (C=O) groups is 2. The van der Waals surface area contributed by atoms with Gasteiger partial charge in [-0.15, -0.1) is 0 Å². The molecule has 0 aromatic carbocycles. The van der Waals surface area contributed by atoms with Gasteiger partial charge in [-0.05, 0) is 57.8 Å². The van der Waals surface area contributed by atoms with Crippen LogP contribution < -0.4 is 0 Å². The van der Waals surface area contributed by atoms with E-state index in [2.05, 4.69) is 26.0 Å². The van der Waals surface area contributed by atoms with E-state index >= 15 is 0 Å². The quantitative estimate of drug-likeness (QED) is 0.0419. The van der Waals surface area contributed by atoms with Gasteiger partial charge in [0.15, 0.2) is 0 Å². The minimum atomic E-state index is -0.678. The van der Waals surface area contributed by atoms with Gasteiger partial charge in [-0.25, -0.2) is 0 Å². The molecular weight excluding hydrogens is 556 g/mol. The molecule has 0 amide bonds. The van der Waals surface area contributed by atoms with E-state index in [4.69, 9.17) is 9.84 Å². The number of hydrogen-bond acceptors (Lipinski definition) is 3. The number of rotatable bonds is 37. The van der Waals surface area contributed by atoms with E-state index in [-0.39, 0.29) is 12.1 Å². The van der Waals surface area contributed by atoms with Gasteiger partial charge < -0.3 is 9.84 Å². The number of esters is 1. The first-order valence-corrected chi connectivity index (χ1v) is 20.2. The Morgan fingerprint density at radius 3 is 1.27 bits per heavy atom. The van der Waals surface area contributed by atoms with Crippen LogP contribution in [0, 0.1) is 0 Å². The molecule has 0 rings (SSSR count). The molecule has 0 fully saturated rings. The summed E-state index contributed by atoms with van der Waals surface area (Å²) < 4.78 is 5.91. The summed E-state index contributed by atoms with van der Waals surface area (Å²) in [5.74, 6) is -0.657. The SMILES string of the molecule is CCCCCCCC/C=C\CCCCCCCCCCCCCC(=O)OC(CCCC)CCCCCCCCCCCC(=O)O. The Balaban J connectivity index is 3.56. The van der Waals surface area contributed by atoms with E-state index in [1.54, 1.807) is 0 Å². The molecule has 0 aromatic heterocycles. The van der Waals surface area contributed by atoms with Gasteiger partial charge in [0.25, 0.3) is 0 Å². The molecule has 0 saturated heterocycles. The van der Waals surface area contributed by atoms with Crippen molar-refractivity contribution in [2.24, 2.45) is 0 Å². The largest absolute Gasteiger partial charge is 0.481 e. The lowest BCUT2D eigenvalue weighted by Gasteiger charge is -2.18. The highest BCUT2D eigenvalue weighted by molar-refractivity contribution is 5.69. The van der Waals surface area contributed by atoms with Gasteiger partial charge in [-0.2, -0.15) is 0 Å². The van der Waals surface area contributed by atoms with Crippen molar-refractivity contribution in [3.05, 3.63) is 12.2 Å². The minimum absolute atomic E-state index is 0.0206. The third-order valence-corrected chi connectivity index (χ3v) is 9.24. The maximum Gasteiger partial charge on any atom is 0.306 e. The number of allylic oxidation sites excluding steroid dienone is 2. The summed E-state index contributed by atoms with van der Waals surface area (Å²) >= 11 is 0. The third-order valence-electron chi connectivity index (χ3n) is 9.24. The number of hydrogen-bond donors (Lipinski definition) is 1. The number of carbonyl (C=O) groups excluding carboxylic acids is 1. The van der Waals surface area contributed by atoms with E-state index in [0.29, 0.717) is 12.8 Å². The first-order chi connectivity index (χ1) is 22.1. The Morgan fingerprint density at radius 2 is 0.822 bits per heavy atom. The van der Waals surface area contributed by atoms with E-state index in [1.165, 1.54) is 141 Å². The van der Waals surface area contributed by atoms with Gasteiger partial charge >= 0.3 is 11.9 Å². The van der Waals surface area contributed by atoms with Crippen molar-refractivity contribution in [1.29, 1.82) is 0 Å². The first-order valence-electron chi connectivity index (χ1n) is 20.2. The van der Waals surface area contributed by atoms with Crippen LogP contribution in [0.2, 0.25) is 0 Å². The van der Waals surface area contributed by atoms with E-state index < -0.39 is 5.97 Å². The molecule has 0 saturated carbocycles. The van der Waals surface area contributed by atoms with Gasteiger partial charge in [0.1, 0.15) is 6.10 Å². The molecule has 0 heterocycles. The van der Waals surface area contributed by atoms with Crippen LogP contribution in [0.4, 0.5) is 0 Å². The lowest BCUT2D eigenvalue weighted by molar-refractivity contribution is -0.150. The maximum atomic E-state index is 12.5. The highest BCUT2D eigenvalue weighted by atomic mass is 16.5. The highest BCUT2D eigenvalue weighted by Gasteiger charge is 2.14. The van der Waals surface area contributed by atoms with Crippen molar-refractivity contribution >= 4 is 11.9 Å². The average molecular weight is 635 g/mol. The molecule has 0 aliphatic rings. The zero-order valence-corrected chi connectivity index (χ0v) is 30.4. The number of carboxylic acid groups (broad SMARTS) is 1. The van der Waals surface area contributed by atoms with Crippen LogP contribution >= 0.6 is 0 Å². The van der Waals surface area contributed by atoms with Gasteiger partial charge in [-0.3, -0.25) is 9.59 Å². The third kappa shape index (κ3) is 37.0. The van der Waals surface area contributed by atoms with Gasteiger partial charge in [0.05, 0.1) is 0 Å². The van der Waals surface area contributed by atoms with Crippen molar-refractivity contribution in [3.8, 4) is 0 Å². The van der Waals surface area contributed by atoms with Gasteiger partial charge in [0, 0.05) is 12.8 Å². The monoisotopic (exact) mass is 635 g/mol. The summed E-state index contributed by atoms with van der Waals surface area (Å²) in [6.45, 7) is 4.49. The molecule has 266 valence electrons. The fourth-order valence-electron chi connectivity index (χ4n) is 6.23. The maximum absolute atomic E-state index is 12.5. The van der Waals surface area contributed by atoms with Crippen LogP contribution in [0.5, 0.6) is 0 Å². The second-order valence-electron chi connectivity index (χ2n) is 13.8. The summed E-state index contributed by atoms with van der Waals surface area (Å²) in [6.07, 6.45) is 45.7. The van der Waals surface area contributed by atoms with Crippen molar-refractivity contribution in [2.45, 2.75) is 238 Å². The van der Waals surface area contributed by atoms with Crippen LogP contribution in [0.15, 0.2) is 12.2 Å². The van der Waals surface area contributed by atoms with Crippen LogP contribution in [-0.4, -0.2) is 23.1 Å². The predicted molar refractivity (Wildman–Crippen MR) is 195 cm³/mol. The molecule has 4 heteroatoms. The van der Waals surface area contributed by atoms with Crippen LogP contribution in [0.1, 0.15) is 232 Å². The van der Waals surface area contributed by atoms with Crippen molar-refractivity contribution in [3.63, 3.8) is 0 Å². The fourth-order valence-corrected chi connectivity index (χ4v) is 6.23. The number of aliphatic carboxylic acids is 1. The average Bonchev–Trinajstić information content (AvgIpc) is 3.02. The molecule has 4 nitrogen and oxygen atoms in total. The van der Waals surface area contributed by atoms with E-state index in [0.717, 1.165) is 64.2 Å². The second kappa shape index (κ2) is 37.1. The fraction of sp³-hybridized carbons (Fsp3) is 0.902. The lowest BCUT2D eigenvalue weighted by atomic mass is 10.0. The summed E-state index contributed by atoms with van der Waals surface area (Å²) in [6, 6.07) is 0.